The number of alkyl halides is 2. The smallest absolute Gasteiger partial charge is 0.248 e. The Bertz CT molecular complexity index is 888. The molecule has 0 radical (unpaired) electrons. The van der Waals surface area contributed by atoms with Gasteiger partial charge >= 0.3 is 0 Å². The Kier molecular flexibility index (Phi) is 4.64. The highest BCUT2D eigenvalue weighted by molar-refractivity contribution is 6.00. The van der Waals surface area contributed by atoms with Crippen molar-refractivity contribution in [2.24, 2.45) is 0 Å². The molecule has 3 heterocycles. The summed E-state index contributed by atoms with van der Waals surface area (Å²) in [4.78, 5) is 22.4. The largest absolute Gasteiger partial charge is 0.350 e. The average molecular weight is 391 g/mol. The summed E-state index contributed by atoms with van der Waals surface area (Å²) >= 11 is 0. The van der Waals surface area contributed by atoms with Gasteiger partial charge in [0.1, 0.15) is 5.69 Å². The van der Waals surface area contributed by atoms with Gasteiger partial charge in [-0.05, 0) is 19.8 Å². The normalized spacial score (nSPS) is 19.3. The van der Waals surface area contributed by atoms with E-state index in [2.05, 4.69) is 25.7 Å². The molecule has 4 rings (SSSR count). The molecule has 2 aromatic rings. The zero-order chi connectivity index (χ0) is 19.9. The minimum Gasteiger partial charge on any atom is -0.350 e. The molecule has 0 atom stereocenters. The predicted molar refractivity (Wildman–Crippen MR) is 101 cm³/mol. The van der Waals surface area contributed by atoms with Crippen molar-refractivity contribution in [1.29, 1.82) is 0 Å². The minimum atomic E-state index is -2.54. The molecule has 1 aliphatic heterocycles. The van der Waals surface area contributed by atoms with Crippen LogP contribution in [0.1, 0.15) is 43.0 Å². The fourth-order valence-corrected chi connectivity index (χ4v) is 3.67. The van der Waals surface area contributed by atoms with Crippen LogP contribution in [-0.2, 0) is 11.3 Å². The Balaban J connectivity index is 1.42. The topological polar surface area (TPSA) is 88.0 Å². The van der Waals surface area contributed by atoms with Crippen molar-refractivity contribution in [2.75, 3.05) is 29.1 Å². The third kappa shape index (κ3) is 3.76. The Morgan fingerprint density at radius 1 is 1.32 bits per heavy atom. The van der Waals surface area contributed by atoms with Crippen molar-refractivity contribution < 1.29 is 13.6 Å². The quantitative estimate of drug-likeness (QED) is 0.833. The van der Waals surface area contributed by atoms with Crippen LogP contribution >= 0.6 is 0 Å². The molecule has 28 heavy (non-hydrogen) atoms. The summed E-state index contributed by atoms with van der Waals surface area (Å²) in [7, 11) is 1.81. The van der Waals surface area contributed by atoms with Crippen molar-refractivity contribution in [3.8, 4) is 0 Å². The Labute approximate surface area is 161 Å². The van der Waals surface area contributed by atoms with E-state index in [0.29, 0.717) is 42.5 Å². The minimum absolute atomic E-state index is 0.0212. The second-order valence-electron chi connectivity index (χ2n) is 7.50. The van der Waals surface area contributed by atoms with Gasteiger partial charge in [-0.15, -0.1) is 0 Å². The molecule has 8 nitrogen and oxygen atoms in total. The number of halogens is 2. The van der Waals surface area contributed by atoms with Crippen LogP contribution in [0.4, 0.5) is 26.2 Å². The summed E-state index contributed by atoms with van der Waals surface area (Å²) < 4.78 is 28.4. The molecular formula is C18H23F2N7O. The van der Waals surface area contributed by atoms with Gasteiger partial charge in [-0.2, -0.15) is 10.1 Å². The standard InChI is InChI=1S/C18H23F2N7O/c1-11-15-16(26(2)10-14(28)24-15)25-17(23-11)21-7-12-8-22-27(9-12)13-3-5-18(19,20)6-4-13/h8-9,13H,3-7,10H2,1-2H3,(H,24,28)(H,21,23,25). The van der Waals surface area contributed by atoms with Crippen molar-refractivity contribution in [2.45, 2.75) is 51.1 Å². The van der Waals surface area contributed by atoms with Gasteiger partial charge < -0.3 is 15.5 Å². The van der Waals surface area contributed by atoms with E-state index in [1.807, 2.05) is 20.2 Å². The Morgan fingerprint density at radius 3 is 2.82 bits per heavy atom. The molecule has 2 aliphatic rings. The van der Waals surface area contributed by atoms with Crippen LogP contribution in [0.15, 0.2) is 12.4 Å². The summed E-state index contributed by atoms with van der Waals surface area (Å²) in [5.74, 6) is -1.49. The van der Waals surface area contributed by atoms with Gasteiger partial charge in [0.15, 0.2) is 5.82 Å². The van der Waals surface area contributed by atoms with E-state index in [1.165, 1.54) is 0 Å². The van der Waals surface area contributed by atoms with E-state index in [1.54, 1.807) is 15.8 Å². The van der Waals surface area contributed by atoms with Gasteiger partial charge in [-0.3, -0.25) is 9.48 Å². The molecular weight excluding hydrogens is 368 g/mol. The molecule has 1 saturated carbocycles. The molecule has 0 aromatic carbocycles. The van der Waals surface area contributed by atoms with E-state index in [9.17, 15) is 13.6 Å². The molecule has 10 heteroatoms. The van der Waals surface area contributed by atoms with Gasteiger partial charge in [0.2, 0.25) is 17.8 Å². The van der Waals surface area contributed by atoms with E-state index in [-0.39, 0.29) is 31.3 Å². The lowest BCUT2D eigenvalue weighted by atomic mass is 9.92. The van der Waals surface area contributed by atoms with Gasteiger partial charge in [0, 0.05) is 38.2 Å². The molecule has 2 N–H and O–H groups in total. The molecule has 150 valence electrons. The maximum Gasteiger partial charge on any atom is 0.248 e. The van der Waals surface area contributed by atoms with Gasteiger partial charge in [0.25, 0.3) is 0 Å². The summed E-state index contributed by atoms with van der Waals surface area (Å²) in [6.45, 7) is 2.54. The number of carbonyl (C=O) groups is 1. The van der Waals surface area contributed by atoms with E-state index >= 15 is 0 Å². The van der Waals surface area contributed by atoms with Crippen molar-refractivity contribution in [3.05, 3.63) is 23.7 Å². The number of rotatable bonds is 4. The lowest BCUT2D eigenvalue weighted by Gasteiger charge is -2.28. The first kappa shape index (κ1) is 18.6. The summed E-state index contributed by atoms with van der Waals surface area (Å²) in [6, 6.07) is 0.0212. The number of nitrogens with one attached hydrogen (secondary N) is 2. The Hall–Kier alpha value is -2.78. The first-order valence-corrected chi connectivity index (χ1v) is 9.35. The highest BCUT2D eigenvalue weighted by Gasteiger charge is 2.35. The summed E-state index contributed by atoms with van der Waals surface area (Å²) in [5, 5.41) is 10.3. The number of amides is 1. The monoisotopic (exact) mass is 391 g/mol. The fourth-order valence-electron chi connectivity index (χ4n) is 3.67. The van der Waals surface area contributed by atoms with Crippen molar-refractivity contribution >= 4 is 23.4 Å². The molecule has 1 amide bonds. The molecule has 2 aromatic heterocycles. The lowest BCUT2D eigenvalue weighted by Crippen LogP contribution is -2.36. The van der Waals surface area contributed by atoms with E-state index in [0.717, 1.165) is 5.56 Å². The number of likely N-dealkylation sites (N-methyl/N-ethyl adjacent to an activating group) is 1. The lowest BCUT2D eigenvalue weighted by molar-refractivity contribution is -0.115. The number of hydrogen-bond donors (Lipinski definition) is 2. The number of nitrogens with zero attached hydrogens (tertiary/aromatic N) is 5. The van der Waals surface area contributed by atoms with Crippen LogP contribution in [0, 0.1) is 6.92 Å². The van der Waals surface area contributed by atoms with Crippen LogP contribution in [0.25, 0.3) is 0 Å². The van der Waals surface area contributed by atoms with Crippen LogP contribution in [0.3, 0.4) is 0 Å². The molecule has 0 unspecified atom stereocenters. The molecule has 1 aliphatic carbocycles. The second-order valence-corrected chi connectivity index (χ2v) is 7.50. The van der Waals surface area contributed by atoms with E-state index in [4.69, 9.17) is 0 Å². The first-order valence-electron chi connectivity index (χ1n) is 9.35. The van der Waals surface area contributed by atoms with Crippen LogP contribution in [0.5, 0.6) is 0 Å². The maximum atomic E-state index is 13.3. The van der Waals surface area contributed by atoms with Crippen LogP contribution in [-0.4, -0.2) is 45.2 Å². The SMILES string of the molecule is Cc1nc(NCc2cnn(C3CCC(F)(F)CC3)c2)nc2c1NC(=O)CN2C. The number of anilines is 3. The number of carbonyl (C=O) groups excluding carboxylic acids is 1. The van der Waals surface area contributed by atoms with Crippen molar-refractivity contribution in [1.82, 2.24) is 19.7 Å². The fraction of sp³-hybridized carbons (Fsp3) is 0.556. The average Bonchev–Trinajstić information content (AvgIpc) is 3.10. The number of aryl methyl sites for hydroxylation is 1. The number of aromatic nitrogens is 4. The van der Waals surface area contributed by atoms with Crippen LogP contribution in [0.2, 0.25) is 0 Å². The second kappa shape index (κ2) is 6.99. The van der Waals surface area contributed by atoms with Crippen molar-refractivity contribution in [3.63, 3.8) is 0 Å². The highest BCUT2D eigenvalue weighted by atomic mass is 19.3. The first-order chi connectivity index (χ1) is 13.3. The zero-order valence-corrected chi connectivity index (χ0v) is 15.9. The summed E-state index contributed by atoms with van der Waals surface area (Å²) in [5.41, 5.74) is 2.25. The molecule has 0 spiro atoms. The van der Waals surface area contributed by atoms with Gasteiger partial charge in [0.05, 0.1) is 24.5 Å². The Morgan fingerprint density at radius 2 is 2.07 bits per heavy atom. The highest BCUT2D eigenvalue weighted by Crippen LogP contribution is 2.38. The summed E-state index contributed by atoms with van der Waals surface area (Å²) in [6.07, 6.45) is 4.32. The zero-order valence-electron chi connectivity index (χ0n) is 15.9. The number of fused-ring (bicyclic) bond motifs is 1. The van der Waals surface area contributed by atoms with Gasteiger partial charge in [-0.1, -0.05) is 0 Å². The molecule has 0 saturated heterocycles. The maximum absolute atomic E-state index is 13.3. The van der Waals surface area contributed by atoms with Crippen LogP contribution < -0.4 is 15.5 Å². The van der Waals surface area contributed by atoms with E-state index < -0.39 is 5.92 Å². The van der Waals surface area contributed by atoms with Gasteiger partial charge in [-0.25, -0.2) is 13.8 Å². The third-order valence-electron chi connectivity index (χ3n) is 5.24. The third-order valence-corrected chi connectivity index (χ3v) is 5.24. The molecule has 0 bridgehead atoms. The predicted octanol–water partition coefficient (Wildman–Crippen LogP) is 2.73. The number of hydrogen-bond acceptors (Lipinski definition) is 6. The molecule has 1 fully saturated rings.